The van der Waals surface area contributed by atoms with E-state index in [1.165, 1.54) is 5.01 Å². The van der Waals surface area contributed by atoms with Crippen LogP contribution in [-0.2, 0) is 4.79 Å². The third kappa shape index (κ3) is 3.43. The van der Waals surface area contributed by atoms with Crippen molar-refractivity contribution in [3.05, 3.63) is 97.2 Å². The summed E-state index contributed by atoms with van der Waals surface area (Å²) >= 11 is 0. The molecule has 3 aromatic rings. The van der Waals surface area contributed by atoms with Crippen LogP contribution < -0.4 is 15.9 Å². The summed E-state index contributed by atoms with van der Waals surface area (Å²) in [6, 6.07) is 27.3. The Morgan fingerprint density at radius 1 is 0.815 bits per heavy atom. The van der Waals surface area contributed by atoms with Gasteiger partial charge in [0.1, 0.15) is 0 Å². The Labute approximate surface area is 157 Å². The Balaban J connectivity index is 1.49. The summed E-state index contributed by atoms with van der Waals surface area (Å²) in [5.41, 5.74) is 10.4. The number of benzene rings is 3. The van der Waals surface area contributed by atoms with Crippen molar-refractivity contribution in [2.45, 2.75) is 0 Å². The van der Waals surface area contributed by atoms with Crippen LogP contribution in [0.25, 0.3) is 11.1 Å². The highest BCUT2D eigenvalue weighted by molar-refractivity contribution is 6.51. The topological polar surface area (TPSA) is 56.7 Å². The van der Waals surface area contributed by atoms with Gasteiger partial charge in [0.2, 0.25) is 0 Å². The molecule has 2 N–H and O–H groups in total. The number of carbonyl (C=O) groups excluding carboxylic acids is 1. The molecule has 0 saturated carbocycles. The lowest BCUT2D eigenvalue weighted by molar-refractivity contribution is -0.112. The van der Waals surface area contributed by atoms with Gasteiger partial charge in [0.25, 0.3) is 5.91 Å². The highest BCUT2D eigenvalue weighted by Gasteiger charge is 2.32. The summed E-state index contributed by atoms with van der Waals surface area (Å²) in [7, 11) is 0. The van der Waals surface area contributed by atoms with Gasteiger partial charge >= 0.3 is 0 Å². The maximum absolute atomic E-state index is 12.6. The predicted molar refractivity (Wildman–Crippen MR) is 109 cm³/mol. The average molecular weight is 354 g/mol. The van der Waals surface area contributed by atoms with Crippen LogP contribution in [0.3, 0.4) is 0 Å². The largest absolute Gasteiger partial charge is 0.299 e. The van der Waals surface area contributed by atoms with Gasteiger partial charge in [-0.15, -0.1) is 0 Å². The number of para-hydroxylation sites is 1. The van der Waals surface area contributed by atoms with E-state index in [1.807, 2.05) is 72.8 Å². The van der Waals surface area contributed by atoms with E-state index in [9.17, 15) is 4.79 Å². The van der Waals surface area contributed by atoms with Gasteiger partial charge in [-0.25, -0.2) is 5.01 Å². The first kappa shape index (κ1) is 16.6. The number of hydrogen-bond donors (Lipinski definition) is 2. The van der Waals surface area contributed by atoms with E-state index in [0.717, 1.165) is 22.5 Å². The van der Waals surface area contributed by atoms with Gasteiger partial charge in [0.05, 0.1) is 17.1 Å². The molecule has 1 fully saturated rings. The van der Waals surface area contributed by atoms with E-state index < -0.39 is 0 Å². The molecule has 1 aliphatic heterocycles. The number of rotatable bonds is 4. The summed E-state index contributed by atoms with van der Waals surface area (Å²) in [6.45, 7) is 3.88. The summed E-state index contributed by atoms with van der Waals surface area (Å²) in [5.74, 6) is -0.250. The van der Waals surface area contributed by atoms with Crippen molar-refractivity contribution < 1.29 is 4.79 Å². The van der Waals surface area contributed by atoms with Crippen molar-refractivity contribution in [2.75, 3.05) is 10.4 Å². The number of nitrogens with one attached hydrogen (secondary N) is 2. The molecule has 0 unspecified atom stereocenters. The minimum absolute atomic E-state index is 0.250. The van der Waals surface area contributed by atoms with Crippen molar-refractivity contribution in [3.8, 4) is 11.1 Å². The van der Waals surface area contributed by atoms with Crippen molar-refractivity contribution in [1.82, 2.24) is 5.43 Å². The lowest BCUT2D eigenvalue weighted by atomic mass is 10.1. The maximum atomic E-state index is 12.6. The summed E-state index contributed by atoms with van der Waals surface area (Å²) in [6.07, 6.45) is 0. The first-order valence-corrected chi connectivity index (χ1v) is 8.57. The highest BCUT2D eigenvalue weighted by Crippen LogP contribution is 2.22. The number of hydrazine groups is 1. The van der Waals surface area contributed by atoms with Gasteiger partial charge in [0, 0.05) is 0 Å². The zero-order valence-electron chi connectivity index (χ0n) is 14.6. The molecular formula is C22H18N4O. The van der Waals surface area contributed by atoms with Gasteiger partial charge < -0.3 is 0 Å². The minimum Gasteiger partial charge on any atom is -0.289 e. The first-order valence-electron chi connectivity index (χ1n) is 8.57. The van der Waals surface area contributed by atoms with Crippen molar-refractivity contribution in [2.24, 2.45) is 5.10 Å². The summed E-state index contributed by atoms with van der Waals surface area (Å²) in [4.78, 5) is 12.6. The molecule has 0 radical (unpaired) electrons. The van der Waals surface area contributed by atoms with Gasteiger partial charge in [-0.1, -0.05) is 67.2 Å². The highest BCUT2D eigenvalue weighted by atomic mass is 16.2. The Morgan fingerprint density at radius 3 is 2.07 bits per heavy atom. The smallest absolute Gasteiger partial charge is 0.289 e. The second-order valence-corrected chi connectivity index (χ2v) is 6.08. The van der Waals surface area contributed by atoms with Crippen LogP contribution in [0, 0.1) is 0 Å². The number of carbonyl (C=O) groups is 1. The summed E-state index contributed by atoms with van der Waals surface area (Å²) in [5, 5.41) is 5.68. The predicted octanol–water partition coefficient (Wildman–Crippen LogP) is 4.19. The van der Waals surface area contributed by atoms with E-state index >= 15 is 0 Å². The van der Waals surface area contributed by atoms with E-state index in [1.54, 1.807) is 0 Å². The molecule has 5 heteroatoms. The molecule has 0 aliphatic carbocycles. The average Bonchev–Trinajstić information content (AvgIpc) is 3.02. The Morgan fingerprint density at radius 2 is 1.41 bits per heavy atom. The van der Waals surface area contributed by atoms with Gasteiger partial charge in [-0.2, -0.15) is 5.10 Å². The fourth-order valence-electron chi connectivity index (χ4n) is 2.84. The molecule has 0 spiro atoms. The molecule has 27 heavy (non-hydrogen) atoms. The summed E-state index contributed by atoms with van der Waals surface area (Å²) < 4.78 is 0. The van der Waals surface area contributed by atoms with Gasteiger partial charge in [-0.3, -0.25) is 15.6 Å². The molecular weight excluding hydrogens is 336 g/mol. The standard InChI is InChI=1S/C22H18N4O/c1-16-21(22(27)26(25-16)20-10-6-3-7-11-20)24-23-19-14-12-18(13-15-19)17-8-4-2-5-9-17/h2-15,23,25H,1H2/b24-21+. The minimum atomic E-state index is -0.250. The Kier molecular flexibility index (Phi) is 4.41. The number of hydrazone groups is 1. The van der Waals surface area contributed by atoms with Gasteiger partial charge in [0.15, 0.2) is 5.71 Å². The molecule has 0 aromatic heterocycles. The molecule has 132 valence electrons. The Hall–Kier alpha value is -3.86. The van der Waals surface area contributed by atoms with Crippen molar-refractivity contribution in [3.63, 3.8) is 0 Å². The number of amides is 1. The first-order chi connectivity index (χ1) is 13.2. The van der Waals surface area contributed by atoms with Gasteiger partial charge in [-0.05, 0) is 35.4 Å². The lowest BCUT2D eigenvalue weighted by Gasteiger charge is -2.14. The van der Waals surface area contributed by atoms with Crippen LogP contribution in [0.15, 0.2) is 102 Å². The number of nitrogens with zero attached hydrogens (tertiary/aromatic N) is 2. The fraction of sp³-hybridized carbons (Fsp3) is 0. The second-order valence-electron chi connectivity index (χ2n) is 6.08. The van der Waals surface area contributed by atoms with Crippen molar-refractivity contribution in [1.29, 1.82) is 0 Å². The van der Waals surface area contributed by atoms with Crippen molar-refractivity contribution >= 4 is 23.0 Å². The zero-order chi connectivity index (χ0) is 18.6. The number of anilines is 2. The second kappa shape index (κ2) is 7.17. The SMILES string of the molecule is C=C1NN(c2ccccc2)C(=O)/C1=N/Nc1ccc(-c2ccccc2)cc1. The molecule has 1 amide bonds. The Bertz CT molecular complexity index is 996. The molecule has 0 bridgehead atoms. The molecule has 1 aliphatic rings. The molecule has 4 rings (SSSR count). The monoisotopic (exact) mass is 354 g/mol. The molecule has 5 nitrogen and oxygen atoms in total. The molecule has 1 heterocycles. The normalized spacial score (nSPS) is 15.1. The third-order valence-electron chi connectivity index (χ3n) is 4.24. The van der Waals surface area contributed by atoms with E-state index in [4.69, 9.17) is 0 Å². The van der Waals surface area contributed by atoms with E-state index in [-0.39, 0.29) is 11.6 Å². The molecule has 3 aromatic carbocycles. The molecule has 1 saturated heterocycles. The van der Waals surface area contributed by atoms with Crippen LogP contribution in [-0.4, -0.2) is 11.6 Å². The fourth-order valence-corrected chi connectivity index (χ4v) is 2.84. The van der Waals surface area contributed by atoms with Crippen LogP contribution in [0.4, 0.5) is 11.4 Å². The third-order valence-corrected chi connectivity index (χ3v) is 4.24. The maximum Gasteiger partial charge on any atom is 0.299 e. The van der Waals surface area contributed by atoms with E-state index in [0.29, 0.717) is 5.70 Å². The zero-order valence-corrected chi connectivity index (χ0v) is 14.6. The van der Waals surface area contributed by atoms with E-state index in [2.05, 4.69) is 34.7 Å². The quantitative estimate of drug-likeness (QED) is 0.691. The lowest BCUT2D eigenvalue weighted by Crippen LogP contribution is -2.34. The molecule has 0 atom stereocenters. The van der Waals surface area contributed by atoms with Crippen LogP contribution in [0.1, 0.15) is 0 Å². The van der Waals surface area contributed by atoms with Crippen LogP contribution >= 0.6 is 0 Å². The van der Waals surface area contributed by atoms with Crippen LogP contribution in [0.2, 0.25) is 0 Å². The van der Waals surface area contributed by atoms with Crippen LogP contribution in [0.5, 0.6) is 0 Å². The number of hydrogen-bond acceptors (Lipinski definition) is 4.